The molecule has 0 aliphatic heterocycles. The molecule has 2 aromatic heterocycles. The van der Waals surface area contributed by atoms with Crippen molar-refractivity contribution in [3.05, 3.63) is 53.2 Å². The first-order valence-electron chi connectivity index (χ1n) is 7.56. The van der Waals surface area contributed by atoms with Gasteiger partial charge in [-0.25, -0.2) is 13.1 Å². The number of sulfonamides is 1. The van der Waals surface area contributed by atoms with Crippen LogP contribution < -0.4 is 9.46 Å². The van der Waals surface area contributed by atoms with E-state index in [0.29, 0.717) is 5.76 Å². The van der Waals surface area contributed by atoms with Crippen LogP contribution in [-0.4, -0.2) is 20.7 Å². The van der Waals surface area contributed by atoms with E-state index in [0.717, 1.165) is 38.8 Å². The summed E-state index contributed by atoms with van der Waals surface area (Å²) in [5.74, 6) is 1.34. The molecule has 0 radical (unpaired) electrons. The van der Waals surface area contributed by atoms with Gasteiger partial charge in [0.05, 0.1) is 17.7 Å². The first-order valence-corrected chi connectivity index (χ1v) is 9.86. The fourth-order valence-electron chi connectivity index (χ4n) is 2.22. The molecule has 0 spiro atoms. The standard InChI is InChI=1S/C17H18N2O4S2/c1-11-12(2)19-23-17(11)15-8-9-16(24-15)25(20,21)18-10-13-4-6-14(22-3)7-5-13/h4-9,18H,10H2,1-3H3. The van der Waals surface area contributed by atoms with E-state index in [-0.39, 0.29) is 10.8 Å². The molecule has 1 aromatic carbocycles. The van der Waals surface area contributed by atoms with Gasteiger partial charge in [0.2, 0.25) is 10.0 Å². The zero-order valence-electron chi connectivity index (χ0n) is 14.1. The lowest BCUT2D eigenvalue weighted by Gasteiger charge is -2.06. The summed E-state index contributed by atoms with van der Waals surface area (Å²) >= 11 is 1.16. The molecule has 0 bridgehead atoms. The highest BCUT2D eigenvalue weighted by Crippen LogP contribution is 2.33. The molecule has 3 rings (SSSR count). The van der Waals surface area contributed by atoms with Crippen LogP contribution in [0, 0.1) is 13.8 Å². The fraction of sp³-hybridized carbons (Fsp3) is 0.235. The molecule has 0 saturated heterocycles. The van der Waals surface area contributed by atoms with Crippen LogP contribution in [0.1, 0.15) is 16.8 Å². The van der Waals surface area contributed by atoms with E-state index >= 15 is 0 Å². The minimum atomic E-state index is -3.59. The molecule has 0 aliphatic rings. The van der Waals surface area contributed by atoms with Crippen LogP contribution in [-0.2, 0) is 16.6 Å². The smallest absolute Gasteiger partial charge is 0.250 e. The highest BCUT2D eigenvalue weighted by atomic mass is 32.2. The summed E-state index contributed by atoms with van der Waals surface area (Å²) in [6, 6.07) is 10.5. The van der Waals surface area contributed by atoms with Crippen LogP contribution in [0.25, 0.3) is 10.6 Å². The van der Waals surface area contributed by atoms with Crippen LogP contribution in [0.2, 0.25) is 0 Å². The Morgan fingerprint density at radius 3 is 2.48 bits per heavy atom. The van der Waals surface area contributed by atoms with E-state index in [4.69, 9.17) is 9.26 Å². The van der Waals surface area contributed by atoms with Gasteiger partial charge in [-0.2, -0.15) is 0 Å². The van der Waals surface area contributed by atoms with Crippen LogP contribution in [0.5, 0.6) is 5.75 Å². The third-order valence-corrected chi connectivity index (χ3v) is 6.83. The number of methoxy groups -OCH3 is 1. The number of aryl methyl sites for hydroxylation is 1. The van der Waals surface area contributed by atoms with E-state index in [1.54, 1.807) is 31.4 Å². The quantitative estimate of drug-likeness (QED) is 0.710. The van der Waals surface area contributed by atoms with Gasteiger partial charge < -0.3 is 9.26 Å². The van der Waals surface area contributed by atoms with Gasteiger partial charge in [-0.1, -0.05) is 17.3 Å². The Balaban J connectivity index is 1.75. The summed E-state index contributed by atoms with van der Waals surface area (Å²) in [4.78, 5) is 0.739. The largest absolute Gasteiger partial charge is 0.497 e. The van der Waals surface area contributed by atoms with Gasteiger partial charge in [-0.05, 0) is 43.7 Å². The van der Waals surface area contributed by atoms with Crippen molar-refractivity contribution >= 4 is 21.4 Å². The minimum absolute atomic E-state index is 0.208. The topological polar surface area (TPSA) is 81.4 Å². The summed E-state index contributed by atoms with van der Waals surface area (Å²) in [6.07, 6.45) is 0. The summed E-state index contributed by atoms with van der Waals surface area (Å²) in [7, 11) is -2.01. The number of benzene rings is 1. The summed E-state index contributed by atoms with van der Waals surface area (Å²) in [5, 5.41) is 3.91. The lowest BCUT2D eigenvalue weighted by atomic mass is 10.2. The van der Waals surface area contributed by atoms with E-state index < -0.39 is 10.0 Å². The molecule has 132 valence electrons. The molecule has 1 N–H and O–H groups in total. The number of thiophene rings is 1. The number of rotatable bonds is 6. The van der Waals surface area contributed by atoms with Crippen molar-refractivity contribution < 1.29 is 17.7 Å². The third-order valence-electron chi connectivity index (χ3n) is 3.85. The molecule has 0 fully saturated rings. The molecule has 25 heavy (non-hydrogen) atoms. The Morgan fingerprint density at radius 2 is 1.88 bits per heavy atom. The second kappa shape index (κ2) is 6.99. The predicted molar refractivity (Wildman–Crippen MR) is 96.3 cm³/mol. The van der Waals surface area contributed by atoms with Gasteiger partial charge in [0.15, 0.2) is 5.76 Å². The number of nitrogens with zero attached hydrogens (tertiary/aromatic N) is 1. The van der Waals surface area contributed by atoms with E-state index in [1.165, 1.54) is 0 Å². The number of hydrogen-bond acceptors (Lipinski definition) is 6. The lowest BCUT2D eigenvalue weighted by molar-refractivity contribution is 0.414. The molecular formula is C17H18N2O4S2. The fourth-order valence-corrected chi connectivity index (χ4v) is 4.63. The van der Waals surface area contributed by atoms with E-state index in [2.05, 4.69) is 9.88 Å². The second-order valence-corrected chi connectivity index (χ2v) is 8.59. The zero-order valence-corrected chi connectivity index (χ0v) is 15.7. The maximum atomic E-state index is 12.5. The number of nitrogens with one attached hydrogen (secondary N) is 1. The first kappa shape index (κ1) is 17.7. The van der Waals surface area contributed by atoms with E-state index in [1.807, 2.05) is 26.0 Å². The SMILES string of the molecule is COc1ccc(CNS(=O)(=O)c2ccc(-c3onc(C)c3C)s2)cc1. The van der Waals surface area contributed by atoms with Crippen molar-refractivity contribution in [2.24, 2.45) is 0 Å². The number of ether oxygens (including phenoxy) is 1. The van der Waals surface area contributed by atoms with Crippen molar-refractivity contribution in [1.29, 1.82) is 0 Å². The average molecular weight is 378 g/mol. The molecule has 0 amide bonds. The Morgan fingerprint density at radius 1 is 1.16 bits per heavy atom. The molecule has 8 heteroatoms. The van der Waals surface area contributed by atoms with Crippen LogP contribution in [0.4, 0.5) is 0 Å². The molecule has 6 nitrogen and oxygen atoms in total. The van der Waals surface area contributed by atoms with Gasteiger partial charge in [0, 0.05) is 12.1 Å². The highest BCUT2D eigenvalue weighted by Gasteiger charge is 2.20. The molecule has 3 aromatic rings. The Hall–Kier alpha value is -2.16. The number of hydrogen-bond donors (Lipinski definition) is 1. The summed E-state index contributed by atoms with van der Waals surface area (Å²) in [6.45, 7) is 3.96. The highest BCUT2D eigenvalue weighted by molar-refractivity contribution is 7.91. The van der Waals surface area contributed by atoms with Crippen molar-refractivity contribution in [2.45, 2.75) is 24.6 Å². The maximum absolute atomic E-state index is 12.5. The normalized spacial score (nSPS) is 11.6. The van der Waals surface area contributed by atoms with Crippen LogP contribution in [0.3, 0.4) is 0 Å². The molecule has 0 aliphatic carbocycles. The molecule has 0 atom stereocenters. The zero-order chi connectivity index (χ0) is 18.0. The van der Waals surface area contributed by atoms with Gasteiger partial charge in [-0.15, -0.1) is 11.3 Å². The Kier molecular flexibility index (Phi) is 4.94. The molecule has 2 heterocycles. The molecule has 0 unspecified atom stereocenters. The first-order chi connectivity index (χ1) is 11.9. The minimum Gasteiger partial charge on any atom is -0.497 e. The third kappa shape index (κ3) is 3.76. The van der Waals surface area contributed by atoms with Gasteiger partial charge in [-0.3, -0.25) is 0 Å². The summed E-state index contributed by atoms with van der Waals surface area (Å²) < 4.78 is 38.2. The van der Waals surface area contributed by atoms with Crippen LogP contribution >= 0.6 is 11.3 Å². The predicted octanol–water partition coefficient (Wildman–Crippen LogP) is 3.51. The van der Waals surface area contributed by atoms with Gasteiger partial charge >= 0.3 is 0 Å². The van der Waals surface area contributed by atoms with Crippen LogP contribution in [0.15, 0.2) is 45.1 Å². The molecule has 0 saturated carbocycles. The van der Waals surface area contributed by atoms with Crippen molar-refractivity contribution in [1.82, 2.24) is 9.88 Å². The lowest BCUT2D eigenvalue weighted by Crippen LogP contribution is -2.22. The van der Waals surface area contributed by atoms with Crippen molar-refractivity contribution in [2.75, 3.05) is 7.11 Å². The van der Waals surface area contributed by atoms with Crippen molar-refractivity contribution in [3.63, 3.8) is 0 Å². The maximum Gasteiger partial charge on any atom is 0.250 e. The monoisotopic (exact) mass is 378 g/mol. The Labute approximate surface area is 150 Å². The van der Waals surface area contributed by atoms with E-state index in [9.17, 15) is 8.42 Å². The molecular weight excluding hydrogens is 360 g/mol. The van der Waals surface area contributed by atoms with Crippen molar-refractivity contribution in [3.8, 4) is 16.4 Å². The summed E-state index contributed by atoms with van der Waals surface area (Å²) in [5.41, 5.74) is 2.56. The number of aromatic nitrogens is 1. The van der Waals surface area contributed by atoms with Gasteiger partial charge in [0.1, 0.15) is 9.96 Å². The average Bonchev–Trinajstić information content (AvgIpc) is 3.22. The Bertz CT molecular complexity index is 973. The second-order valence-electron chi connectivity index (χ2n) is 5.51. The van der Waals surface area contributed by atoms with Gasteiger partial charge in [0.25, 0.3) is 0 Å².